The van der Waals surface area contributed by atoms with E-state index in [1.807, 2.05) is 42.5 Å². The van der Waals surface area contributed by atoms with Crippen LogP contribution in [0.2, 0.25) is 0 Å². The fraction of sp³-hybridized carbons (Fsp3) is 0.148. The molecule has 0 aliphatic rings. The van der Waals surface area contributed by atoms with Gasteiger partial charge < -0.3 is 14.2 Å². The van der Waals surface area contributed by atoms with Crippen molar-refractivity contribution in [2.24, 2.45) is 0 Å². The summed E-state index contributed by atoms with van der Waals surface area (Å²) in [6.07, 6.45) is 2.32. The Kier molecular flexibility index (Phi) is 4.52. The highest BCUT2D eigenvalue weighted by Gasteiger charge is 2.20. The molecule has 3 aromatic carbocycles. The van der Waals surface area contributed by atoms with Crippen LogP contribution in [0.15, 0.2) is 70.1 Å². The van der Waals surface area contributed by atoms with E-state index in [0.29, 0.717) is 29.0 Å². The van der Waals surface area contributed by atoms with Crippen LogP contribution in [0.4, 0.5) is 0 Å². The first kappa shape index (κ1) is 20.2. The van der Waals surface area contributed by atoms with Crippen LogP contribution in [0.25, 0.3) is 38.4 Å². The predicted octanol–water partition coefficient (Wildman–Crippen LogP) is 5.20. The zero-order chi connectivity index (χ0) is 23.4. The topological polar surface area (TPSA) is 85.4 Å². The Morgan fingerprint density at radius 1 is 1.06 bits per heavy atom. The molecule has 0 atom stereocenters. The van der Waals surface area contributed by atoms with Gasteiger partial charge in [0.2, 0.25) is 0 Å². The maximum absolute atomic E-state index is 13.0. The Morgan fingerprint density at radius 3 is 2.68 bits per heavy atom. The molecule has 0 bridgehead atoms. The zero-order valence-electron chi connectivity index (χ0n) is 19.0. The first-order chi connectivity index (χ1) is 16.5. The number of ether oxygens (including phenoxy) is 1. The molecule has 0 saturated heterocycles. The van der Waals surface area contributed by atoms with Crippen molar-refractivity contribution in [1.29, 1.82) is 0 Å². The molecule has 7 heteroatoms. The third-order valence-electron chi connectivity index (χ3n) is 6.41. The highest BCUT2D eigenvalue weighted by molar-refractivity contribution is 5.90. The molecule has 1 N–H and O–H groups in total. The molecular formula is C27H22N4O3. The normalized spacial score (nSPS) is 11.6. The maximum atomic E-state index is 13.0. The van der Waals surface area contributed by atoms with Gasteiger partial charge in [-0.3, -0.25) is 9.20 Å². The standard InChI is InChI=1S/C27H22N4O3/c1-15-26(16(2)34-30-15)21-12-20-22(13-23(21)33-3)31-24(28-14-25(31)29-27(20)32)11-18-9-6-8-17-7-4-5-10-19(17)18/h4-10,12-14H,11H2,1-3H3,(H,29,32). The average molecular weight is 450 g/mol. The van der Waals surface area contributed by atoms with Gasteiger partial charge in [0.25, 0.3) is 5.56 Å². The quantitative estimate of drug-likeness (QED) is 0.399. The number of H-pyrrole nitrogens is 1. The van der Waals surface area contributed by atoms with Gasteiger partial charge in [-0.25, -0.2) is 4.98 Å². The molecule has 0 aliphatic heterocycles. The van der Waals surface area contributed by atoms with E-state index in [9.17, 15) is 4.79 Å². The lowest BCUT2D eigenvalue weighted by Gasteiger charge is -2.13. The van der Waals surface area contributed by atoms with Gasteiger partial charge in [-0.15, -0.1) is 0 Å². The van der Waals surface area contributed by atoms with Crippen molar-refractivity contribution in [3.8, 4) is 16.9 Å². The fourth-order valence-corrected chi connectivity index (χ4v) is 4.84. The van der Waals surface area contributed by atoms with Gasteiger partial charge in [0, 0.05) is 18.1 Å². The molecule has 0 radical (unpaired) electrons. The second-order valence-corrected chi connectivity index (χ2v) is 8.43. The summed E-state index contributed by atoms with van der Waals surface area (Å²) in [5, 5.41) is 6.98. The first-order valence-electron chi connectivity index (χ1n) is 11.1. The molecule has 6 rings (SSSR count). The Labute approximate surface area is 194 Å². The van der Waals surface area contributed by atoms with E-state index in [1.165, 1.54) is 16.3 Å². The summed E-state index contributed by atoms with van der Waals surface area (Å²) < 4.78 is 13.1. The lowest BCUT2D eigenvalue weighted by atomic mass is 10.0. The lowest BCUT2D eigenvalue weighted by Crippen LogP contribution is -2.11. The highest BCUT2D eigenvalue weighted by atomic mass is 16.5. The number of rotatable bonds is 4. The van der Waals surface area contributed by atoms with E-state index in [-0.39, 0.29) is 5.56 Å². The van der Waals surface area contributed by atoms with Crippen molar-refractivity contribution in [3.05, 3.63) is 94.0 Å². The SMILES string of the molecule is COc1cc2c(cc1-c1c(C)noc1C)c(=O)[nH]c1cnc(Cc3cccc4ccccc34)n12. The molecule has 6 aromatic rings. The van der Waals surface area contributed by atoms with Crippen LogP contribution in [-0.4, -0.2) is 26.6 Å². The molecule has 0 saturated carbocycles. The summed E-state index contributed by atoms with van der Waals surface area (Å²) in [4.78, 5) is 20.7. The van der Waals surface area contributed by atoms with Crippen LogP contribution in [0.3, 0.4) is 0 Å². The molecule has 7 nitrogen and oxygen atoms in total. The molecule has 0 spiro atoms. The number of nitrogens with zero attached hydrogens (tertiary/aromatic N) is 3. The first-order valence-corrected chi connectivity index (χ1v) is 11.1. The summed E-state index contributed by atoms with van der Waals surface area (Å²) in [6, 6.07) is 18.3. The second-order valence-electron chi connectivity index (χ2n) is 8.43. The van der Waals surface area contributed by atoms with E-state index >= 15 is 0 Å². The molecule has 0 amide bonds. The minimum atomic E-state index is -0.185. The van der Waals surface area contributed by atoms with Crippen molar-refractivity contribution >= 4 is 27.3 Å². The summed E-state index contributed by atoms with van der Waals surface area (Å²) >= 11 is 0. The van der Waals surface area contributed by atoms with Crippen molar-refractivity contribution in [2.75, 3.05) is 7.11 Å². The average Bonchev–Trinajstić information content (AvgIpc) is 3.40. The van der Waals surface area contributed by atoms with Crippen molar-refractivity contribution < 1.29 is 9.26 Å². The largest absolute Gasteiger partial charge is 0.496 e. The van der Waals surface area contributed by atoms with Crippen LogP contribution in [0, 0.1) is 13.8 Å². The number of methoxy groups -OCH3 is 1. The highest BCUT2D eigenvalue weighted by Crippen LogP contribution is 2.37. The van der Waals surface area contributed by atoms with E-state index in [1.54, 1.807) is 13.3 Å². The Morgan fingerprint density at radius 2 is 1.88 bits per heavy atom. The summed E-state index contributed by atoms with van der Waals surface area (Å²) in [7, 11) is 1.62. The van der Waals surface area contributed by atoms with E-state index in [0.717, 1.165) is 28.2 Å². The third kappa shape index (κ3) is 3.01. The number of hydrogen-bond donors (Lipinski definition) is 1. The molecule has 3 aromatic heterocycles. The number of nitrogens with one attached hydrogen (secondary N) is 1. The van der Waals surface area contributed by atoms with Gasteiger partial charge in [0.05, 0.1) is 35.5 Å². The Bertz CT molecular complexity index is 1750. The molecule has 0 unspecified atom stereocenters. The minimum Gasteiger partial charge on any atom is -0.496 e. The lowest BCUT2D eigenvalue weighted by molar-refractivity contribution is 0.393. The van der Waals surface area contributed by atoms with Gasteiger partial charge in [-0.1, -0.05) is 47.6 Å². The van der Waals surface area contributed by atoms with Crippen LogP contribution >= 0.6 is 0 Å². The predicted molar refractivity (Wildman–Crippen MR) is 132 cm³/mol. The van der Waals surface area contributed by atoms with Gasteiger partial charge in [-0.05, 0) is 36.2 Å². The molecule has 0 fully saturated rings. The molecule has 34 heavy (non-hydrogen) atoms. The Hall–Kier alpha value is -4.39. The van der Waals surface area contributed by atoms with Gasteiger partial charge in [0.1, 0.15) is 23.0 Å². The van der Waals surface area contributed by atoms with E-state index in [4.69, 9.17) is 9.26 Å². The van der Waals surface area contributed by atoms with Crippen LogP contribution in [0.5, 0.6) is 5.75 Å². The monoisotopic (exact) mass is 450 g/mol. The number of imidazole rings is 1. The van der Waals surface area contributed by atoms with E-state index in [2.05, 4.69) is 45.5 Å². The summed E-state index contributed by atoms with van der Waals surface area (Å²) in [5.41, 5.74) is 4.70. The fourth-order valence-electron chi connectivity index (χ4n) is 4.84. The van der Waals surface area contributed by atoms with E-state index < -0.39 is 0 Å². The molecular weight excluding hydrogens is 428 g/mol. The molecule has 0 aliphatic carbocycles. The zero-order valence-corrected chi connectivity index (χ0v) is 19.0. The smallest absolute Gasteiger partial charge is 0.258 e. The number of fused-ring (bicyclic) bond motifs is 4. The number of benzene rings is 3. The van der Waals surface area contributed by atoms with Crippen LogP contribution in [-0.2, 0) is 6.42 Å². The van der Waals surface area contributed by atoms with Crippen LogP contribution in [0.1, 0.15) is 22.8 Å². The maximum Gasteiger partial charge on any atom is 0.258 e. The van der Waals surface area contributed by atoms with Crippen molar-refractivity contribution in [1.82, 2.24) is 19.5 Å². The van der Waals surface area contributed by atoms with Crippen LogP contribution < -0.4 is 10.3 Å². The summed E-state index contributed by atoms with van der Waals surface area (Å²) in [5.74, 6) is 2.14. The number of hydrogen-bond acceptors (Lipinski definition) is 5. The molecule has 3 heterocycles. The number of aromatic nitrogens is 4. The van der Waals surface area contributed by atoms with Crippen molar-refractivity contribution in [2.45, 2.75) is 20.3 Å². The number of aromatic amines is 1. The third-order valence-corrected chi connectivity index (χ3v) is 6.41. The summed E-state index contributed by atoms with van der Waals surface area (Å²) in [6.45, 7) is 3.73. The second kappa shape index (κ2) is 7.59. The molecule has 168 valence electrons. The van der Waals surface area contributed by atoms with Crippen molar-refractivity contribution in [3.63, 3.8) is 0 Å². The Balaban J connectivity index is 1.60. The number of aryl methyl sites for hydroxylation is 2. The van der Waals surface area contributed by atoms with Gasteiger partial charge in [0.15, 0.2) is 0 Å². The van der Waals surface area contributed by atoms with Gasteiger partial charge >= 0.3 is 0 Å². The van der Waals surface area contributed by atoms with Gasteiger partial charge in [-0.2, -0.15) is 0 Å². The minimum absolute atomic E-state index is 0.185.